The number of ether oxygens (including phenoxy) is 2. The summed E-state index contributed by atoms with van der Waals surface area (Å²) in [6.07, 6.45) is -1.62. The number of hydrogen-bond acceptors (Lipinski definition) is 8. The number of rotatable bonds is 5. The van der Waals surface area contributed by atoms with Gasteiger partial charge in [-0.1, -0.05) is 22.3 Å². The lowest BCUT2D eigenvalue weighted by Crippen LogP contribution is -2.72. The number of nitrogens with zero attached hydrogens (tertiary/aromatic N) is 2. The monoisotopic (exact) mass is 503 g/mol. The maximum atomic E-state index is 13.3. The number of amides is 4. The fourth-order valence-electron chi connectivity index (χ4n) is 3.52. The second kappa shape index (κ2) is 9.44. The van der Waals surface area contributed by atoms with Crippen LogP contribution in [0.2, 0.25) is 5.02 Å². The zero-order valence-corrected chi connectivity index (χ0v) is 19.5. The second-order valence-corrected chi connectivity index (χ2v) is 7.76. The Kier molecular flexibility index (Phi) is 6.80. The van der Waals surface area contributed by atoms with Crippen molar-refractivity contribution in [2.75, 3.05) is 7.05 Å². The van der Waals surface area contributed by atoms with Gasteiger partial charge in [0.25, 0.3) is 11.7 Å². The number of nitrogens with two attached hydrogens (primary N) is 1. The zero-order valence-electron chi connectivity index (χ0n) is 18.7. The van der Waals surface area contributed by atoms with E-state index in [0.717, 1.165) is 20.9 Å². The molecule has 35 heavy (non-hydrogen) atoms. The van der Waals surface area contributed by atoms with Crippen molar-refractivity contribution < 1.29 is 38.6 Å². The van der Waals surface area contributed by atoms with Crippen LogP contribution in [0.25, 0.3) is 5.57 Å². The maximum Gasteiger partial charge on any atom is 0.462 e. The molecule has 4 N–H and O–H groups in total. The molecule has 0 saturated carbocycles. The summed E-state index contributed by atoms with van der Waals surface area (Å²) >= 11 is 6.08. The minimum atomic E-state index is -1.62. The minimum absolute atomic E-state index is 0.0102. The van der Waals surface area contributed by atoms with Crippen molar-refractivity contribution in [2.45, 2.75) is 13.8 Å². The van der Waals surface area contributed by atoms with E-state index in [1.54, 1.807) is 0 Å². The number of benzene rings is 2. The van der Waals surface area contributed by atoms with Crippen LogP contribution in [0, 0.1) is 0 Å². The van der Waals surface area contributed by atoms with E-state index in [-0.39, 0.29) is 33.3 Å². The van der Waals surface area contributed by atoms with Gasteiger partial charge in [-0.05, 0) is 29.8 Å². The average Bonchev–Trinajstić information content (AvgIpc) is 2.76. The van der Waals surface area contributed by atoms with Gasteiger partial charge in [-0.25, -0.2) is 14.5 Å². The molecule has 2 aromatic rings. The molecule has 4 amide bonds. The highest BCUT2D eigenvalue weighted by molar-refractivity contribution is 6.31. The molecule has 2 aromatic carbocycles. The molecule has 0 aliphatic carbocycles. The summed E-state index contributed by atoms with van der Waals surface area (Å²) in [5.41, 5.74) is 8.23. The predicted octanol–water partition coefficient (Wildman–Crippen LogP) is 2.60. The molecule has 0 radical (unpaired) electrons. The number of urea groups is 1. The molecule has 0 saturated heterocycles. The van der Waals surface area contributed by atoms with E-state index in [4.69, 9.17) is 26.8 Å². The molecule has 0 aromatic heterocycles. The molecule has 182 valence electrons. The number of carbonyl (C=O) groups excluding carboxylic acids is 4. The Morgan fingerprint density at radius 2 is 1.66 bits per heavy atom. The van der Waals surface area contributed by atoms with Crippen molar-refractivity contribution in [3.8, 4) is 11.5 Å². The van der Waals surface area contributed by atoms with Crippen LogP contribution in [0.5, 0.6) is 11.5 Å². The Balaban J connectivity index is 2.35. The SMILES string of the molecule is CC(=O)Oc1ccc(C2=C(N)[N+](NC(=O)O)(c3cccc(Cl)c3)C(=O)N(C)C2=O)cc1OC(C)=O. The lowest BCUT2D eigenvalue weighted by molar-refractivity contribution is -0.134. The van der Waals surface area contributed by atoms with Crippen LogP contribution >= 0.6 is 11.6 Å². The third-order valence-electron chi connectivity index (χ3n) is 4.91. The third kappa shape index (κ3) is 4.65. The lowest BCUT2D eigenvalue weighted by Gasteiger charge is -2.38. The number of nitrogens with one attached hydrogen (secondary N) is 1. The first-order valence-electron chi connectivity index (χ1n) is 9.89. The van der Waals surface area contributed by atoms with Crippen LogP contribution in [0.3, 0.4) is 0 Å². The molecule has 1 heterocycles. The first kappa shape index (κ1) is 25.2. The van der Waals surface area contributed by atoms with Gasteiger partial charge in [0.15, 0.2) is 17.2 Å². The van der Waals surface area contributed by atoms with E-state index in [9.17, 15) is 29.1 Å². The normalized spacial score (nSPS) is 17.8. The summed E-state index contributed by atoms with van der Waals surface area (Å²) in [5, 5.41) is 9.75. The number of halogens is 1. The van der Waals surface area contributed by atoms with E-state index in [1.807, 2.05) is 0 Å². The van der Waals surface area contributed by atoms with Crippen LogP contribution in [-0.2, 0) is 14.4 Å². The summed E-state index contributed by atoms with van der Waals surface area (Å²) in [6, 6.07) is 8.49. The van der Waals surface area contributed by atoms with Crippen molar-refractivity contribution in [3.63, 3.8) is 0 Å². The van der Waals surface area contributed by atoms with Crippen LogP contribution in [0.4, 0.5) is 15.3 Å². The number of carboxylic acid groups (broad SMARTS) is 1. The van der Waals surface area contributed by atoms with E-state index in [1.165, 1.54) is 42.5 Å². The number of likely N-dealkylation sites (N-methyl/N-ethyl adjacent to an activating group) is 1. The lowest BCUT2D eigenvalue weighted by atomic mass is 10.0. The van der Waals surface area contributed by atoms with Crippen molar-refractivity contribution in [2.24, 2.45) is 5.73 Å². The van der Waals surface area contributed by atoms with E-state index in [2.05, 4.69) is 5.43 Å². The molecule has 3 rings (SSSR count). The molecule has 1 aliphatic rings. The van der Waals surface area contributed by atoms with Gasteiger partial charge in [-0.3, -0.25) is 14.4 Å². The molecule has 1 atom stereocenters. The van der Waals surface area contributed by atoms with Crippen molar-refractivity contribution in [3.05, 3.63) is 58.9 Å². The van der Waals surface area contributed by atoms with Gasteiger partial charge in [-0.2, -0.15) is 0 Å². The van der Waals surface area contributed by atoms with Crippen molar-refractivity contribution in [1.29, 1.82) is 0 Å². The van der Waals surface area contributed by atoms with Gasteiger partial charge < -0.3 is 20.3 Å². The molecule has 13 heteroatoms. The first-order chi connectivity index (χ1) is 16.4. The Morgan fingerprint density at radius 3 is 2.23 bits per heavy atom. The molecule has 0 fully saturated rings. The summed E-state index contributed by atoms with van der Waals surface area (Å²) in [4.78, 5) is 62.0. The summed E-state index contributed by atoms with van der Waals surface area (Å²) in [7, 11) is 1.15. The third-order valence-corrected chi connectivity index (χ3v) is 5.14. The zero-order chi connectivity index (χ0) is 26.1. The van der Waals surface area contributed by atoms with E-state index < -0.39 is 40.4 Å². The van der Waals surface area contributed by atoms with Crippen LogP contribution < -0.4 is 25.2 Å². The van der Waals surface area contributed by atoms with Gasteiger partial charge in [0.1, 0.15) is 5.57 Å². The van der Waals surface area contributed by atoms with Crippen LogP contribution in [0.1, 0.15) is 19.4 Å². The fourth-order valence-corrected chi connectivity index (χ4v) is 3.70. The highest BCUT2D eigenvalue weighted by Gasteiger charge is 2.56. The standard InChI is InChI=1S/C22H19ClN4O8/c1-11(28)34-16-8-7-13(9-17(16)35-12(2)29)18-19(24)27(25-21(31)32,22(33)26(3)20(18)30)15-6-4-5-14(23)10-15/h4-10,25H,1-3H3,(H2-,24,30,31,32)/p+1. The summed E-state index contributed by atoms with van der Waals surface area (Å²) in [6.45, 7) is 2.26. The number of carbonyl (C=O) groups is 5. The highest BCUT2D eigenvalue weighted by Crippen LogP contribution is 2.39. The Morgan fingerprint density at radius 1 is 1.03 bits per heavy atom. The van der Waals surface area contributed by atoms with E-state index in [0.29, 0.717) is 4.90 Å². The highest BCUT2D eigenvalue weighted by atomic mass is 35.5. The first-order valence-corrected chi connectivity index (χ1v) is 10.3. The smallest absolute Gasteiger partial charge is 0.462 e. The topological polar surface area (TPSA) is 165 Å². The average molecular weight is 504 g/mol. The largest absolute Gasteiger partial charge is 0.462 e. The number of hydrogen-bond donors (Lipinski definition) is 3. The second-order valence-electron chi connectivity index (χ2n) is 7.32. The Hall–Kier alpha value is -4.42. The van der Waals surface area contributed by atoms with Gasteiger partial charge >= 0.3 is 24.1 Å². The van der Waals surface area contributed by atoms with Gasteiger partial charge in [0.2, 0.25) is 0 Å². The van der Waals surface area contributed by atoms with Gasteiger partial charge in [-0.15, -0.1) is 5.43 Å². The predicted molar refractivity (Wildman–Crippen MR) is 123 cm³/mol. The molecule has 0 spiro atoms. The molecule has 12 nitrogen and oxygen atoms in total. The quantitative estimate of drug-likeness (QED) is 0.316. The maximum absolute atomic E-state index is 13.3. The molecular weight excluding hydrogens is 484 g/mol. The summed E-state index contributed by atoms with van der Waals surface area (Å²) < 4.78 is 8.84. The molecule has 1 aliphatic heterocycles. The van der Waals surface area contributed by atoms with Gasteiger partial charge in [0, 0.05) is 38.1 Å². The molecule has 0 bridgehead atoms. The van der Waals surface area contributed by atoms with E-state index >= 15 is 0 Å². The Bertz CT molecular complexity index is 1310. The number of imide groups is 1. The fraction of sp³-hybridized carbons (Fsp3) is 0.136. The molecular formula is C22H20ClN4O8+. The van der Waals surface area contributed by atoms with Crippen LogP contribution in [-0.4, -0.2) is 47.0 Å². The molecule has 1 unspecified atom stereocenters. The van der Waals surface area contributed by atoms with Crippen molar-refractivity contribution in [1.82, 2.24) is 14.9 Å². The Labute approximate surface area is 203 Å². The number of quaternary nitrogens is 1. The minimum Gasteiger partial charge on any atom is -0.462 e. The number of esters is 2. The van der Waals surface area contributed by atoms with Crippen LogP contribution in [0.15, 0.2) is 48.3 Å². The van der Waals surface area contributed by atoms with Gasteiger partial charge in [0.05, 0.1) is 0 Å². The summed E-state index contributed by atoms with van der Waals surface area (Å²) in [5.74, 6) is -3.09. The van der Waals surface area contributed by atoms with Crippen molar-refractivity contribution >= 4 is 52.8 Å².